The van der Waals surface area contributed by atoms with Gasteiger partial charge in [-0.25, -0.2) is 4.98 Å². The van der Waals surface area contributed by atoms with Crippen molar-refractivity contribution < 1.29 is 4.42 Å². The number of unbranched alkanes of at least 4 members (excludes halogenated alkanes) is 3. The SMILES string of the molecule is CCCc1cc2c(N)nc3cc(CCCCCCC(C)(C)C)ccc3c2o1. The van der Waals surface area contributed by atoms with Gasteiger partial charge in [-0.15, -0.1) is 0 Å². The van der Waals surface area contributed by atoms with Crippen molar-refractivity contribution >= 4 is 27.7 Å². The topological polar surface area (TPSA) is 52.0 Å². The van der Waals surface area contributed by atoms with Crippen LogP contribution in [0.3, 0.4) is 0 Å². The van der Waals surface area contributed by atoms with E-state index in [0.717, 1.165) is 46.9 Å². The predicted molar refractivity (Wildman–Crippen MR) is 116 cm³/mol. The second-order valence-electron chi connectivity index (χ2n) is 9.03. The fourth-order valence-electron chi connectivity index (χ4n) is 3.75. The maximum Gasteiger partial charge on any atom is 0.147 e. The summed E-state index contributed by atoms with van der Waals surface area (Å²) < 4.78 is 6.08. The lowest BCUT2D eigenvalue weighted by molar-refractivity contribution is 0.357. The van der Waals surface area contributed by atoms with Crippen molar-refractivity contribution in [1.82, 2.24) is 4.98 Å². The number of hydrogen-bond donors (Lipinski definition) is 1. The molecule has 2 heterocycles. The van der Waals surface area contributed by atoms with Crippen LogP contribution in [0.1, 0.15) is 77.5 Å². The first kappa shape index (κ1) is 19.7. The summed E-state index contributed by atoms with van der Waals surface area (Å²) in [6.45, 7) is 9.12. The van der Waals surface area contributed by atoms with Crippen LogP contribution in [0.4, 0.5) is 5.82 Å². The molecular weight excluding hydrogens is 332 g/mol. The summed E-state index contributed by atoms with van der Waals surface area (Å²) in [5.74, 6) is 1.57. The molecular formula is C24H34N2O. The third-order valence-corrected chi connectivity index (χ3v) is 5.25. The van der Waals surface area contributed by atoms with Gasteiger partial charge in [0.15, 0.2) is 0 Å². The molecule has 3 rings (SSSR count). The largest absolute Gasteiger partial charge is 0.460 e. The van der Waals surface area contributed by atoms with Crippen LogP contribution in [0.2, 0.25) is 0 Å². The summed E-state index contributed by atoms with van der Waals surface area (Å²) in [5.41, 5.74) is 9.83. The van der Waals surface area contributed by atoms with Crippen LogP contribution in [0.5, 0.6) is 0 Å². The van der Waals surface area contributed by atoms with Crippen LogP contribution in [0, 0.1) is 5.41 Å². The highest BCUT2D eigenvalue weighted by Gasteiger charge is 2.13. The zero-order chi connectivity index (χ0) is 19.4. The van der Waals surface area contributed by atoms with E-state index in [1.54, 1.807) is 0 Å². The van der Waals surface area contributed by atoms with E-state index in [2.05, 4.69) is 50.9 Å². The van der Waals surface area contributed by atoms with Crippen LogP contribution in [-0.4, -0.2) is 4.98 Å². The molecule has 2 N–H and O–H groups in total. The predicted octanol–water partition coefficient (Wildman–Crippen LogP) is 7.05. The van der Waals surface area contributed by atoms with E-state index in [1.165, 1.54) is 37.7 Å². The molecule has 3 aromatic rings. The number of hydrogen-bond acceptors (Lipinski definition) is 3. The highest BCUT2D eigenvalue weighted by atomic mass is 16.3. The molecule has 0 aliphatic heterocycles. The lowest BCUT2D eigenvalue weighted by Gasteiger charge is -2.17. The summed E-state index contributed by atoms with van der Waals surface area (Å²) in [6, 6.07) is 8.60. The molecule has 146 valence electrons. The molecule has 0 saturated carbocycles. The number of anilines is 1. The summed E-state index contributed by atoms with van der Waals surface area (Å²) in [4.78, 5) is 4.64. The Labute approximate surface area is 163 Å². The fraction of sp³-hybridized carbons (Fsp3) is 0.542. The van der Waals surface area contributed by atoms with Crippen molar-refractivity contribution in [2.24, 2.45) is 5.41 Å². The minimum absolute atomic E-state index is 0.456. The Morgan fingerprint density at radius 2 is 1.74 bits per heavy atom. The Morgan fingerprint density at radius 3 is 2.48 bits per heavy atom. The molecule has 0 amide bonds. The Bertz CT molecular complexity index is 902. The smallest absolute Gasteiger partial charge is 0.147 e. The number of nitrogen functional groups attached to an aromatic ring is 1. The van der Waals surface area contributed by atoms with E-state index in [9.17, 15) is 0 Å². The Balaban J connectivity index is 1.67. The lowest BCUT2D eigenvalue weighted by Crippen LogP contribution is -2.03. The molecule has 27 heavy (non-hydrogen) atoms. The second kappa shape index (κ2) is 8.33. The van der Waals surface area contributed by atoms with Gasteiger partial charge in [0.05, 0.1) is 10.9 Å². The minimum atomic E-state index is 0.456. The summed E-state index contributed by atoms with van der Waals surface area (Å²) in [6.07, 6.45) is 9.58. The van der Waals surface area contributed by atoms with Crippen molar-refractivity contribution in [3.63, 3.8) is 0 Å². The summed E-state index contributed by atoms with van der Waals surface area (Å²) >= 11 is 0. The van der Waals surface area contributed by atoms with Gasteiger partial charge in [0.2, 0.25) is 0 Å². The monoisotopic (exact) mass is 366 g/mol. The normalized spacial score (nSPS) is 12.3. The highest BCUT2D eigenvalue weighted by molar-refractivity contribution is 6.06. The Kier molecular flexibility index (Phi) is 6.08. The molecule has 0 spiro atoms. The van der Waals surface area contributed by atoms with Crippen molar-refractivity contribution in [3.05, 3.63) is 35.6 Å². The third kappa shape index (κ3) is 5.03. The maximum absolute atomic E-state index is 6.20. The Morgan fingerprint density at radius 1 is 0.963 bits per heavy atom. The molecule has 2 aromatic heterocycles. The summed E-state index contributed by atoms with van der Waals surface area (Å²) in [5, 5.41) is 2.01. The van der Waals surface area contributed by atoms with E-state index in [1.807, 2.05) is 6.07 Å². The molecule has 3 nitrogen and oxygen atoms in total. The molecule has 0 aliphatic rings. The lowest BCUT2D eigenvalue weighted by atomic mass is 9.89. The molecule has 0 atom stereocenters. The number of nitrogens with zero attached hydrogens (tertiary/aromatic N) is 1. The number of furan rings is 1. The van der Waals surface area contributed by atoms with E-state index >= 15 is 0 Å². The zero-order valence-corrected chi connectivity index (χ0v) is 17.4. The van der Waals surface area contributed by atoms with Crippen molar-refractivity contribution in [1.29, 1.82) is 0 Å². The van der Waals surface area contributed by atoms with Gasteiger partial charge in [0, 0.05) is 11.8 Å². The average Bonchev–Trinajstić information content (AvgIpc) is 3.02. The van der Waals surface area contributed by atoms with E-state index in [4.69, 9.17) is 10.2 Å². The average molecular weight is 367 g/mol. The van der Waals surface area contributed by atoms with Crippen LogP contribution in [0.15, 0.2) is 28.7 Å². The minimum Gasteiger partial charge on any atom is -0.460 e. The molecule has 0 saturated heterocycles. The summed E-state index contributed by atoms with van der Waals surface area (Å²) in [7, 11) is 0. The van der Waals surface area contributed by atoms with Gasteiger partial charge >= 0.3 is 0 Å². The van der Waals surface area contributed by atoms with Gasteiger partial charge in [-0.2, -0.15) is 0 Å². The highest BCUT2D eigenvalue weighted by Crippen LogP contribution is 2.32. The number of fused-ring (bicyclic) bond motifs is 3. The standard InChI is InChI=1S/C24H34N2O/c1-5-10-18-16-20-22(27-18)19-13-12-17(15-21(19)26-23(20)25)11-8-6-7-9-14-24(2,3)4/h12-13,15-16H,5-11,14H2,1-4H3,(H2,25,26). The van der Waals surface area contributed by atoms with Crippen LogP contribution in [-0.2, 0) is 12.8 Å². The van der Waals surface area contributed by atoms with Gasteiger partial charge in [0.25, 0.3) is 0 Å². The van der Waals surface area contributed by atoms with Crippen molar-refractivity contribution in [2.45, 2.75) is 79.1 Å². The van der Waals surface area contributed by atoms with Gasteiger partial charge < -0.3 is 10.2 Å². The second-order valence-corrected chi connectivity index (χ2v) is 9.03. The molecule has 0 radical (unpaired) electrons. The van der Waals surface area contributed by atoms with Gasteiger partial charge in [-0.3, -0.25) is 0 Å². The van der Waals surface area contributed by atoms with Crippen LogP contribution in [0.25, 0.3) is 21.9 Å². The molecule has 0 fully saturated rings. The zero-order valence-electron chi connectivity index (χ0n) is 17.4. The Hall–Kier alpha value is -2.03. The molecule has 0 bridgehead atoms. The molecule has 3 heteroatoms. The van der Waals surface area contributed by atoms with Crippen molar-refractivity contribution in [3.8, 4) is 0 Å². The van der Waals surface area contributed by atoms with Crippen LogP contribution < -0.4 is 5.73 Å². The van der Waals surface area contributed by atoms with Gasteiger partial charge in [0.1, 0.15) is 17.2 Å². The number of pyridine rings is 1. The number of nitrogens with two attached hydrogens (primary N) is 1. The van der Waals surface area contributed by atoms with Gasteiger partial charge in [-0.1, -0.05) is 53.0 Å². The van der Waals surface area contributed by atoms with Crippen LogP contribution >= 0.6 is 0 Å². The maximum atomic E-state index is 6.20. The third-order valence-electron chi connectivity index (χ3n) is 5.25. The van der Waals surface area contributed by atoms with Gasteiger partial charge in [-0.05, 0) is 54.9 Å². The number of aryl methyl sites for hydroxylation is 2. The van der Waals surface area contributed by atoms with E-state index in [0.29, 0.717) is 11.2 Å². The van der Waals surface area contributed by atoms with E-state index < -0.39 is 0 Å². The molecule has 1 aromatic carbocycles. The first-order valence-electron chi connectivity index (χ1n) is 10.5. The number of rotatable bonds is 8. The molecule has 0 aliphatic carbocycles. The van der Waals surface area contributed by atoms with E-state index in [-0.39, 0.29) is 0 Å². The van der Waals surface area contributed by atoms with Crippen molar-refractivity contribution in [2.75, 3.05) is 5.73 Å². The molecule has 0 unspecified atom stereocenters. The first-order valence-corrected chi connectivity index (χ1v) is 10.5. The first-order chi connectivity index (χ1) is 12.9. The fourth-order valence-corrected chi connectivity index (χ4v) is 3.75. The number of benzene rings is 1. The quantitative estimate of drug-likeness (QED) is 0.434. The number of aromatic nitrogens is 1.